The average molecular weight is 572 g/mol. The number of likely N-dealkylation sites (tertiary alicyclic amines) is 1. The van der Waals surface area contributed by atoms with Crippen LogP contribution in [0.25, 0.3) is 0 Å². The highest BCUT2D eigenvalue weighted by Gasteiger charge is 2.37. The topological polar surface area (TPSA) is 244 Å². The van der Waals surface area contributed by atoms with E-state index in [4.69, 9.17) is 17.2 Å². The first-order chi connectivity index (χ1) is 18.3. The van der Waals surface area contributed by atoms with E-state index in [1.165, 1.54) is 11.8 Å². The number of nitrogens with two attached hydrogens (primary N) is 3. The number of nitrogens with one attached hydrogen (secondary N) is 4. The molecule has 1 heterocycles. The number of primary amides is 1. The van der Waals surface area contributed by atoms with Crippen LogP contribution in [-0.4, -0.2) is 95.9 Å². The van der Waals surface area contributed by atoms with Crippen LogP contribution in [0.5, 0.6) is 0 Å². The molecule has 0 radical (unpaired) electrons. The Labute approximate surface area is 233 Å². The van der Waals surface area contributed by atoms with Gasteiger partial charge in [0.25, 0.3) is 0 Å². The van der Waals surface area contributed by atoms with Crippen molar-refractivity contribution in [1.82, 2.24) is 26.2 Å². The van der Waals surface area contributed by atoms with Crippen LogP contribution in [0.3, 0.4) is 0 Å². The molecule has 16 heteroatoms. The Morgan fingerprint density at radius 1 is 1.00 bits per heavy atom. The summed E-state index contributed by atoms with van der Waals surface area (Å²) in [6, 6.07) is -3.69. The fourth-order valence-electron chi connectivity index (χ4n) is 4.02. The highest BCUT2D eigenvalue weighted by Crippen LogP contribution is 2.19. The lowest BCUT2D eigenvalue weighted by atomic mass is 10.0. The molecule has 39 heavy (non-hydrogen) atoms. The SMILES string of the molecule is CC(=O)N[C@@H](CCCN=C(N)N)C(=O)N[C@@H](CS)C(=O)NCC(=O)N[C@H](C(=O)N1CCC[C@H]1C(N)=O)C(C)C. The van der Waals surface area contributed by atoms with E-state index in [0.29, 0.717) is 25.8 Å². The zero-order valence-corrected chi connectivity index (χ0v) is 23.5. The summed E-state index contributed by atoms with van der Waals surface area (Å²) in [6.45, 7) is 4.88. The number of nitrogens with zero attached hydrogens (tertiary/aromatic N) is 2. The van der Waals surface area contributed by atoms with E-state index in [2.05, 4.69) is 38.9 Å². The Morgan fingerprint density at radius 3 is 2.21 bits per heavy atom. The number of carbonyl (C=O) groups excluding carboxylic acids is 6. The second-order valence-electron chi connectivity index (χ2n) is 9.54. The van der Waals surface area contributed by atoms with E-state index in [1.54, 1.807) is 13.8 Å². The minimum atomic E-state index is -1.11. The molecule has 0 spiro atoms. The molecule has 0 aromatic heterocycles. The third-order valence-corrected chi connectivity index (χ3v) is 6.36. The molecule has 1 rings (SSSR count). The van der Waals surface area contributed by atoms with E-state index in [1.807, 2.05) is 0 Å². The Kier molecular flexibility index (Phi) is 14.1. The van der Waals surface area contributed by atoms with Gasteiger partial charge in [0.2, 0.25) is 35.4 Å². The third-order valence-electron chi connectivity index (χ3n) is 5.99. The minimum Gasteiger partial charge on any atom is -0.370 e. The molecule has 1 aliphatic heterocycles. The number of guanidine groups is 1. The smallest absolute Gasteiger partial charge is 0.246 e. The monoisotopic (exact) mass is 571 g/mol. The molecular weight excluding hydrogens is 530 g/mol. The maximum atomic E-state index is 13.0. The summed E-state index contributed by atoms with van der Waals surface area (Å²) in [5, 5.41) is 10.0. The molecule has 0 aromatic carbocycles. The van der Waals surface area contributed by atoms with Crippen molar-refractivity contribution in [3.8, 4) is 0 Å². The second-order valence-corrected chi connectivity index (χ2v) is 9.91. The molecule has 15 nitrogen and oxygen atoms in total. The zero-order chi connectivity index (χ0) is 29.7. The molecule has 1 fully saturated rings. The van der Waals surface area contributed by atoms with Crippen molar-refractivity contribution in [2.45, 2.75) is 70.6 Å². The molecular formula is C23H41N9O6S. The summed E-state index contributed by atoms with van der Waals surface area (Å²) in [5.74, 6) is -3.88. The number of amides is 6. The van der Waals surface area contributed by atoms with Crippen molar-refractivity contribution in [3.05, 3.63) is 0 Å². The first kappa shape index (κ1) is 33.5. The normalized spacial score (nSPS) is 16.9. The lowest BCUT2D eigenvalue weighted by molar-refractivity contribution is -0.141. The van der Waals surface area contributed by atoms with Crippen LogP contribution in [0, 0.1) is 5.92 Å². The molecule has 0 unspecified atom stereocenters. The van der Waals surface area contributed by atoms with Gasteiger partial charge in [-0.15, -0.1) is 0 Å². The Balaban J connectivity index is 2.72. The van der Waals surface area contributed by atoms with Gasteiger partial charge in [0.1, 0.15) is 24.2 Å². The van der Waals surface area contributed by atoms with Crippen molar-refractivity contribution < 1.29 is 28.8 Å². The highest BCUT2D eigenvalue weighted by molar-refractivity contribution is 7.80. The van der Waals surface area contributed by atoms with Crippen LogP contribution in [-0.2, 0) is 28.8 Å². The molecule has 0 aromatic rings. The number of hydrogen-bond acceptors (Lipinski definition) is 8. The fourth-order valence-corrected chi connectivity index (χ4v) is 4.27. The molecule has 0 aliphatic carbocycles. The number of aliphatic imine (C=N–C) groups is 1. The summed E-state index contributed by atoms with van der Waals surface area (Å²) >= 11 is 4.11. The Hall–Kier alpha value is -3.56. The van der Waals surface area contributed by atoms with Gasteiger partial charge in [0, 0.05) is 25.8 Å². The Morgan fingerprint density at radius 2 is 1.67 bits per heavy atom. The summed E-state index contributed by atoms with van der Waals surface area (Å²) in [6.07, 6.45) is 1.70. The lowest BCUT2D eigenvalue weighted by Gasteiger charge is -2.29. The third kappa shape index (κ3) is 11.4. The van der Waals surface area contributed by atoms with Gasteiger partial charge >= 0.3 is 0 Å². The molecule has 0 bridgehead atoms. The Bertz CT molecular complexity index is 941. The first-order valence-electron chi connectivity index (χ1n) is 12.7. The van der Waals surface area contributed by atoms with Gasteiger partial charge in [-0.3, -0.25) is 33.8 Å². The van der Waals surface area contributed by atoms with Crippen LogP contribution in [0.4, 0.5) is 0 Å². The summed E-state index contributed by atoms with van der Waals surface area (Å²) in [7, 11) is 0. The van der Waals surface area contributed by atoms with Crippen molar-refractivity contribution >= 4 is 54.0 Å². The molecule has 220 valence electrons. The maximum absolute atomic E-state index is 13.0. The first-order valence-corrected chi connectivity index (χ1v) is 13.3. The van der Waals surface area contributed by atoms with Crippen LogP contribution in [0.2, 0.25) is 0 Å². The summed E-state index contributed by atoms with van der Waals surface area (Å²) in [4.78, 5) is 79.4. The lowest BCUT2D eigenvalue weighted by Crippen LogP contribution is -2.57. The van der Waals surface area contributed by atoms with Gasteiger partial charge in [-0.1, -0.05) is 13.8 Å². The quantitative estimate of drug-likeness (QED) is 0.0427. The molecule has 6 amide bonds. The van der Waals surface area contributed by atoms with Crippen LogP contribution in [0.15, 0.2) is 4.99 Å². The van der Waals surface area contributed by atoms with Gasteiger partial charge in [-0.25, -0.2) is 0 Å². The minimum absolute atomic E-state index is 0.0868. The van der Waals surface area contributed by atoms with Crippen LogP contribution >= 0.6 is 12.6 Å². The molecule has 10 N–H and O–H groups in total. The number of carbonyl (C=O) groups is 6. The van der Waals surface area contributed by atoms with Crippen molar-refractivity contribution in [2.75, 3.05) is 25.4 Å². The standard InChI is InChI=1S/C23H41N9O6S/c1-12(2)18(22(38)32-9-5-7-16(32)19(24)35)31-17(34)10-28-20(36)15(11-39)30-21(37)14(29-13(3)33)6-4-8-27-23(25)26/h12,14-16,18,39H,4-11H2,1-3H3,(H2,24,35)(H,28,36)(H,29,33)(H,30,37)(H,31,34)(H4,25,26,27)/t14-,15-,16-,18-/m0/s1. The molecule has 4 atom stereocenters. The number of thiol groups is 1. The molecule has 1 aliphatic rings. The van der Waals surface area contributed by atoms with E-state index in [-0.39, 0.29) is 30.6 Å². The van der Waals surface area contributed by atoms with E-state index in [9.17, 15) is 28.8 Å². The number of rotatable bonds is 15. The highest BCUT2D eigenvalue weighted by atomic mass is 32.1. The van der Waals surface area contributed by atoms with Crippen molar-refractivity contribution in [1.29, 1.82) is 0 Å². The maximum Gasteiger partial charge on any atom is 0.246 e. The summed E-state index contributed by atoms with van der Waals surface area (Å²) in [5.41, 5.74) is 16.0. The van der Waals surface area contributed by atoms with Gasteiger partial charge in [-0.05, 0) is 31.6 Å². The van der Waals surface area contributed by atoms with Crippen molar-refractivity contribution in [3.63, 3.8) is 0 Å². The van der Waals surface area contributed by atoms with Gasteiger partial charge in [0.15, 0.2) is 5.96 Å². The largest absolute Gasteiger partial charge is 0.370 e. The molecule has 1 saturated heterocycles. The van der Waals surface area contributed by atoms with Gasteiger partial charge in [0.05, 0.1) is 6.54 Å². The average Bonchev–Trinajstić information content (AvgIpc) is 3.35. The van der Waals surface area contributed by atoms with Crippen molar-refractivity contribution in [2.24, 2.45) is 28.1 Å². The van der Waals surface area contributed by atoms with Gasteiger partial charge in [-0.2, -0.15) is 12.6 Å². The van der Waals surface area contributed by atoms with E-state index >= 15 is 0 Å². The van der Waals surface area contributed by atoms with Gasteiger partial charge < -0.3 is 43.4 Å². The van der Waals surface area contributed by atoms with E-state index in [0.717, 1.165) is 0 Å². The zero-order valence-electron chi connectivity index (χ0n) is 22.6. The molecule has 0 saturated carbocycles. The van der Waals surface area contributed by atoms with Crippen LogP contribution < -0.4 is 38.5 Å². The predicted octanol–water partition coefficient (Wildman–Crippen LogP) is -3.31. The predicted molar refractivity (Wildman–Crippen MR) is 147 cm³/mol. The van der Waals surface area contributed by atoms with E-state index < -0.39 is 66.2 Å². The second kappa shape index (κ2) is 16.4. The number of hydrogen-bond donors (Lipinski definition) is 8. The summed E-state index contributed by atoms with van der Waals surface area (Å²) < 4.78 is 0. The van der Waals surface area contributed by atoms with Crippen LogP contribution in [0.1, 0.15) is 46.5 Å². The fraction of sp³-hybridized carbons (Fsp3) is 0.696.